The number of hydrogen-bond acceptors (Lipinski definition) is 12. The van der Waals surface area contributed by atoms with E-state index in [0.29, 0.717) is 36.1 Å². The van der Waals surface area contributed by atoms with Gasteiger partial charge in [-0.05, 0) is 71.6 Å². The van der Waals surface area contributed by atoms with Crippen molar-refractivity contribution in [3.05, 3.63) is 131 Å². The molecule has 0 saturated carbocycles. The van der Waals surface area contributed by atoms with Crippen LogP contribution < -0.4 is 21.3 Å². The maximum absolute atomic E-state index is 12.4. The van der Waals surface area contributed by atoms with E-state index in [4.69, 9.17) is 11.6 Å². The van der Waals surface area contributed by atoms with Gasteiger partial charge in [-0.1, -0.05) is 78.9 Å². The number of benzene rings is 4. The SMILES string of the molecule is CCNc1nc(Cc2ccccc2)nc(Nc2ccc(/C=C/c3ccc(Nc4nc(Cl)nc(Nc5ccccc5)n4)cc3)c(S(=O)(=O)O)c2)n1. The molecule has 13 nitrogen and oxygen atoms in total. The molecule has 0 unspecified atom stereocenters. The van der Waals surface area contributed by atoms with Crippen LogP contribution in [-0.2, 0) is 16.5 Å². The molecule has 5 N–H and O–H groups in total. The molecule has 0 saturated heterocycles. The van der Waals surface area contributed by atoms with Crippen LogP contribution in [0.25, 0.3) is 12.2 Å². The van der Waals surface area contributed by atoms with Crippen molar-refractivity contribution in [2.24, 2.45) is 0 Å². The highest BCUT2D eigenvalue weighted by Crippen LogP contribution is 2.26. The number of halogens is 1. The van der Waals surface area contributed by atoms with Crippen LogP contribution in [-0.4, -0.2) is 49.4 Å². The number of rotatable bonds is 13. The van der Waals surface area contributed by atoms with Crippen LogP contribution in [0.2, 0.25) is 5.28 Å². The molecule has 0 aliphatic rings. The van der Waals surface area contributed by atoms with Crippen LogP contribution in [0.5, 0.6) is 0 Å². The summed E-state index contributed by atoms with van der Waals surface area (Å²) in [6.45, 7) is 2.53. The van der Waals surface area contributed by atoms with Crippen molar-refractivity contribution in [1.82, 2.24) is 29.9 Å². The predicted molar refractivity (Wildman–Crippen MR) is 196 cm³/mol. The molecule has 252 valence electrons. The molecule has 15 heteroatoms. The van der Waals surface area contributed by atoms with Crippen molar-refractivity contribution >= 4 is 74.7 Å². The molecule has 2 aromatic heterocycles. The van der Waals surface area contributed by atoms with Gasteiger partial charge in [0.1, 0.15) is 10.7 Å². The number of hydrogen-bond donors (Lipinski definition) is 5. The van der Waals surface area contributed by atoms with Gasteiger partial charge in [-0.15, -0.1) is 0 Å². The zero-order valence-electron chi connectivity index (χ0n) is 26.6. The molecule has 0 radical (unpaired) electrons. The second kappa shape index (κ2) is 15.5. The molecule has 0 aliphatic carbocycles. The van der Waals surface area contributed by atoms with Gasteiger partial charge in [0.15, 0.2) is 0 Å². The van der Waals surface area contributed by atoms with Crippen LogP contribution >= 0.6 is 11.6 Å². The highest BCUT2D eigenvalue weighted by Gasteiger charge is 2.16. The lowest BCUT2D eigenvalue weighted by Crippen LogP contribution is -2.10. The van der Waals surface area contributed by atoms with E-state index in [-0.39, 0.29) is 33.6 Å². The van der Waals surface area contributed by atoms with Gasteiger partial charge in [0.05, 0.1) is 0 Å². The minimum Gasteiger partial charge on any atom is -0.354 e. The zero-order valence-corrected chi connectivity index (χ0v) is 28.2. The van der Waals surface area contributed by atoms with Crippen LogP contribution in [0.1, 0.15) is 29.4 Å². The summed E-state index contributed by atoms with van der Waals surface area (Å²) in [6, 6.07) is 31.1. The molecule has 6 aromatic rings. The van der Waals surface area contributed by atoms with Gasteiger partial charge in [-0.2, -0.15) is 38.3 Å². The molecule has 0 fully saturated rings. The highest BCUT2D eigenvalue weighted by molar-refractivity contribution is 7.86. The zero-order chi connectivity index (χ0) is 34.9. The summed E-state index contributed by atoms with van der Waals surface area (Å²) in [7, 11) is -4.59. The Hall–Kier alpha value is -5.96. The largest absolute Gasteiger partial charge is 0.354 e. The fourth-order valence-electron chi connectivity index (χ4n) is 4.78. The lowest BCUT2D eigenvalue weighted by atomic mass is 10.1. The highest BCUT2D eigenvalue weighted by atomic mass is 35.5. The van der Waals surface area contributed by atoms with Gasteiger partial charge in [-0.25, -0.2) is 0 Å². The van der Waals surface area contributed by atoms with E-state index in [2.05, 4.69) is 51.2 Å². The van der Waals surface area contributed by atoms with Crippen molar-refractivity contribution in [3.8, 4) is 0 Å². The number of para-hydroxylation sites is 1. The Balaban J connectivity index is 1.17. The summed E-state index contributed by atoms with van der Waals surface area (Å²) < 4.78 is 35.0. The Morgan fingerprint density at radius 1 is 0.660 bits per heavy atom. The number of aromatic nitrogens is 6. The summed E-state index contributed by atoms with van der Waals surface area (Å²) in [6.07, 6.45) is 3.81. The molecule has 2 heterocycles. The van der Waals surface area contributed by atoms with Gasteiger partial charge < -0.3 is 21.3 Å². The molecule has 0 aliphatic heterocycles. The van der Waals surface area contributed by atoms with E-state index >= 15 is 0 Å². The van der Waals surface area contributed by atoms with E-state index in [0.717, 1.165) is 16.8 Å². The lowest BCUT2D eigenvalue weighted by Gasteiger charge is -2.11. The van der Waals surface area contributed by atoms with Crippen molar-refractivity contribution in [2.45, 2.75) is 18.2 Å². The molecular weight excluding hydrogens is 676 g/mol. The van der Waals surface area contributed by atoms with Crippen LogP contribution in [0.15, 0.2) is 108 Å². The lowest BCUT2D eigenvalue weighted by molar-refractivity contribution is 0.483. The normalized spacial score (nSPS) is 11.3. The molecule has 0 atom stereocenters. The standard InChI is InChI=1S/C35H31ClN10O3S/c1-2-37-32-41-30(21-24-9-5-3-6-10-24)42-33(45-32)40-28-20-17-25(29(22-28)50(47,48)49)16-13-23-14-18-27(19-15-23)39-35-44-31(36)43-34(46-35)38-26-11-7-4-8-12-26/h3-20,22H,2,21H2,1H3,(H,47,48,49)(H2,37,40,41,42,45)(H2,38,39,43,44,46)/b16-13+. The Kier molecular flexibility index (Phi) is 10.5. The first-order valence-electron chi connectivity index (χ1n) is 15.4. The average molecular weight is 707 g/mol. The number of nitrogens with zero attached hydrogens (tertiary/aromatic N) is 6. The molecule has 0 amide bonds. The summed E-state index contributed by atoms with van der Waals surface area (Å²) in [5.74, 6) is 1.67. The molecule has 50 heavy (non-hydrogen) atoms. The van der Waals surface area contributed by atoms with Crippen molar-refractivity contribution in [2.75, 3.05) is 27.8 Å². The summed E-state index contributed by atoms with van der Waals surface area (Å²) in [4.78, 5) is 25.8. The summed E-state index contributed by atoms with van der Waals surface area (Å²) in [5, 5.41) is 12.4. The first-order chi connectivity index (χ1) is 24.2. The minimum absolute atomic E-state index is 0.0238. The van der Waals surface area contributed by atoms with E-state index in [1.807, 2.05) is 79.7 Å². The van der Waals surface area contributed by atoms with Gasteiger partial charge >= 0.3 is 0 Å². The topological polar surface area (TPSA) is 180 Å². The van der Waals surface area contributed by atoms with E-state index in [9.17, 15) is 13.0 Å². The van der Waals surface area contributed by atoms with Crippen LogP contribution in [0.3, 0.4) is 0 Å². The smallest absolute Gasteiger partial charge is 0.295 e. The fourth-order valence-corrected chi connectivity index (χ4v) is 5.65. The minimum atomic E-state index is -4.59. The maximum atomic E-state index is 12.4. The van der Waals surface area contributed by atoms with Gasteiger partial charge in [0.25, 0.3) is 10.1 Å². The van der Waals surface area contributed by atoms with Gasteiger partial charge in [0, 0.05) is 30.0 Å². The Morgan fingerprint density at radius 2 is 1.22 bits per heavy atom. The number of nitrogens with one attached hydrogen (secondary N) is 4. The van der Waals surface area contributed by atoms with Gasteiger partial charge in [-0.3, -0.25) is 4.55 Å². The predicted octanol–water partition coefficient (Wildman–Crippen LogP) is 7.38. The van der Waals surface area contributed by atoms with E-state index < -0.39 is 10.1 Å². The Bertz CT molecular complexity index is 2220. The molecular formula is C35H31ClN10O3S. The van der Waals surface area contributed by atoms with E-state index in [1.54, 1.807) is 36.4 Å². The third-order valence-corrected chi connectivity index (χ3v) is 8.11. The molecule has 0 spiro atoms. The van der Waals surface area contributed by atoms with Crippen LogP contribution in [0, 0.1) is 0 Å². The van der Waals surface area contributed by atoms with Crippen molar-refractivity contribution in [3.63, 3.8) is 0 Å². The molecule has 4 aromatic carbocycles. The first kappa shape index (κ1) is 33.9. The summed E-state index contributed by atoms with van der Waals surface area (Å²) in [5.41, 5.74) is 3.94. The average Bonchev–Trinajstić information content (AvgIpc) is 3.09. The molecule has 6 rings (SSSR count). The molecule has 0 bridgehead atoms. The second-order valence-electron chi connectivity index (χ2n) is 10.8. The Morgan fingerprint density at radius 3 is 1.88 bits per heavy atom. The van der Waals surface area contributed by atoms with Gasteiger partial charge in [0.2, 0.25) is 29.1 Å². The monoisotopic (exact) mass is 706 g/mol. The third-order valence-electron chi connectivity index (χ3n) is 7.03. The van der Waals surface area contributed by atoms with Crippen molar-refractivity contribution < 1.29 is 13.0 Å². The Labute approximate surface area is 293 Å². The summed E-state index contributed by atoms with van der Waals surface area (Å²) >= 11 is 6.13. The first-order valence-corrected chi connectivity index (χ1v) is 17.2. The number of anilines is 7. The quantitative estimate of drug-likeness (QED) is 0.0593. The van der Waals surface area contributed by atoms with E-state index in [1.165, 1.54) is 6.07 Å². The second-order valence-corrected chi connectivity index (χ2v) is 12.5. The maximum Gasteiger partial charge on any atom is 0.295 e. The van der Waals surface area contributed by atoms with Crippen LogP contribution in [0.4, 0.5) is 40.9 Å². The van der Waals surface area contributed by atoms with Crippen molar-refractivity contribution in [1.29, 1.82) is 0 Å². The fraction of sp³-hybridized carbons (Fsp3) is 0.0857. The third kappa shape index (κ3) is 9.35.